The lowest BCUT2D eigenvalue weighted by molar-refractivity contribution is -0.118. The standard InChI is InChI=1S/C13H19N3O2S/c17-12(9-16-5-7-18-8-6-16)15-13-14-10-3-1-2-4-11(10)19-13/h1-9H2,(H,14,15,17). The number of nitrogens with one attached hydrogen (secondary N) is 1. The molecule has 6 heteroatoms. The number of rotatable bonds is 3. The number of morpholine rings is 1. The van der Waals surface area contributed by atoms with Crippen molar-refractivity contribution in [2.45, 2.75) is 25.7 Å². The molecular formula is C13H19N3O2S. The van der Waals surface area contributed by atoms with Gasteiger partial charge in [0, 0.05) is 18.0 Å². The third-order valence-electron chi connectivity index (χ3n) is 3.56. The average molecular weight is 281 g/mol. The largest absolute Gasteiger partial charge is 0.379 e. The number of amides is 1. The van der Waals surface area contributed by atoms with Crippen molar-refractivity contribution in [2.75, 3.05) is 38.2 Å². The van der Waals surface area contributed by atoms with Crippen molar-refractivity contribution < 1.29 is 9.53 Å². The minimum Gasteiger partial charge on any atom is -0.379 e. The summed E-state index contributed by atoms with van der Waals surface area (Å²) >= 11 is 1.64. The van der Waals surface area contributed by atoms with Crippen LogP contribution in [0.25, 0.3) is 0 Å². The topological polar surface area (TPSA) is 54.5 Å². The normalized spacial score (nSPS) is 20.0. The van der Waals surface area contributed by atoms with E-state index in [0.29, 0.717) is 6.54 Å². The summed E-state index contributed by atoms with van der Waals surface area (Å²) < 4.78 is 5.27. The van der Waals surface area contributed by atoms with Crippen LogP contribution in [-0.2, 0) is 22.4 Å². The van der Waals surface area contributed by atoms with E-state index in [0.717, 1.165) is 44.3 Å². The molecule has 0 radical (unpaired) electrons. The first-order chi connectivity index (χ1) is 9.31. The highest BCUT2D eigenvalue weighted by molar-refractivity contribution is 7.15. The highest BCUT2D eigenvalue weighted by Gasteiger charge is 2.18. The molecule has 5 nitrogen and oxygen atoms in total. The Morgan fingerprint density at radius 3 is 2.89 bits per heavy atom. The van der Waals surface area contributed by atoms with Crippen molar-refractivity contribution in [1.29, 1.82) is 0 Å². The molecule has 0 spiro atoms. The van der Waals surface area contributed by atoms with Gasteiger partial charge in [0.15, 0.2) is 5.13 Å². The number of hydrogen-bond donors (Lipinski definition) is 1. The van der Waals surface area contributed by atoms with E-state index in [2.05, 4.69) is 15.2 Å². The maximum atomic E-state index is 12.0. The highest BCUT2D eigenvalue weighted by atomic mass is 32.1. The Morgan fingerprint density at radius 2 is 2.11 bits per heavy atom. The lowest BCUT2D eigenvalue weighted by Crippen LogP contribution is -2.41. The number of anilines is 1. The van der Waals surface area contributed by atoms with Gasteiger partial charge in [-0.3, -0.25) is 9.69 Å². The van der Waals surface area contributed by atoms with Crippen LogP contribution in [0.15, 0.2) is 0 Å². The van der Waals surface area contributed by atoms with Crippen LogP contribution in [0.4, 0.5) is 5.13 Å². The smallest absolute Gasteiger partial charge is 0.240 e. The Labute approximate surface area is 117 Å². The zero-order chi connectivity index (χ0) is 13.1. The van der Waals surface area contributed by atoms with Crippen molar-refractivity contribution in [3.63, 3.8) is 0 Å². The first-order valence-electron chi connectivity index (χ1n) is 6.90. The van der Waals surface area contributed by atoms with E-state index in [1.165, 1.54) is 23.4 Å². The number of aryl methyl sites for hydroxylation is 2. The predicted molar refractivity (Wildman–Crippen MR) is 74.6 cm³/mol. The van der Waals surface area contributed by atoms with Crippen LogP contribution in [0.2, 0.25) is 0 Å². The minimum absolute atomic E-state index is 0.0352. The molecule has 1 aromatic rings. The Hall–Kier alpha value is -0.980. The zero-order valence-corrected chi connectivity index (χ0v) is 11.8. The van der Waals surface area contributed by atoms with Crippen molar-refractivity contribution in [3.05, 3.63) is 10.6 Å². The molecule has 104 valence electrons. The quantitative estimate of drug-likeness (QED) is 0.907. The van der Waals surface area contributed by atoms with Gasteiger partial charge in [0.05, 0.1) is 25.5 Å². The molecule has 1 N–H and O–H groups in total. The Morgan fingerprint density at radius 1 is 1.32 bits per heavy atom. The van der Waals surface area contributed by atoms with Crippen LogP contribution >= 0.6 is 11.3 Å². The minimum atomic E-state index is 0.0352. The van der Waals surface area contributed by atoms with Crippen molar-refractivity contribution >= 4 is 22.4 Å². The summed E-state index contributed by atoms with van der Waals surface area (Å²) in [6, 6.07) is 0. The molecule has 0 aromatic carbocycles. The monoisotopic (exact) mass is 281 g/mol. The summed E-state index contributed by atoms with van der Waals surface area (Å²) in [6.45, 7) is 3.55. The van der Waals surface area contributed by atoms with Gasteiger partial charge in [0.25, 0.3) is 0 Å². The van der Waals surface area contributed by atoms with E-state index in [9.17, 15) is 4.79 Å². The molecular weight excluding hydrogens is 262 g/mol. The number of carbonyl (C=O) groups is 1. The van der Waals surface area contributed by atoms with Gasteiger partial charge in [-0.1, -0.05) is 0 Å². The number of ether oxygens (including phenoxy) is 1. The zero-order valence-electron chi connectivity index (χ0n) is 11.0. The molecule has 3 rings (SSSR count). The number of hydrogen-bond acceptors (Lipinski definition) is 5. The van der Waals surface area contributed by atoms with Crippen LogP contribution in [0.3, 0.4) is 0 Å². The van der Waals surface area contributed by atoms with Crippen molar-refractivity contribution in [2.24, 2.45) is 0 Å². The summed E-state index contributed by atoms with van der Waals surface area (Å²) in [5.41, 5.74) is 1.19. The summed E-state index contributed by atoms with van der Waals surface area (Å²) in [5, 5.41) is 3.70. The van der Waals surface area contributed by atoms with Crippen molar-refractivity contribution in [3.8, 4) is 0 Å². The summed E-state index contributed by atoms with van der Waals surface area (Å²) in [5.74, 6) is 0.0352. The molecule has 1 aromatic heterocycles. The van der Waals surface area contributed by atoms with Gasteiger partial charge in [-0.25, -0.2) is 4.98 Å². The molecule has 1 fully saturated rings. The predicted octanol–water partition coefficient (Wildman–Crippen LogP) is 1.29. The van der Waals surface area contributed by atoms with Gasteiger partial charge >= 0.3 is 0 Å². The van der Waals surface area contributed by atoms with Crippen molar-refractivity contribution in [1.82, 2.24) is 9.88 Å². The van der Waals surface area contributed by atoms with E-state index >= 15 is 0 Å². The first-order valence-corrected chi connectivity index (χ1v) is 7.71. The summed E-state index contributed by atoms with van der Waals surface area (Å²) in [7, 11) is 0. The van der Waals surface area contributed by atoms with E-state index in [4.69, 9.17) is 4.74 Å². The third-order valence-corrected chi connectivity index (χ3v) is 4.64. The number of fused-ring (bicyclic) bond motifs is 1. The maximum absolute atomic E-state index is 12.0. The molecule has 1 saturated heterocycles. The Balaban J connectivity index is 1.55. The molecule has 0 bridgehead atoms. The lowest BCUT2D eigenvalue weighted by Gasteiger charge is -2.25. The number of carbonyl (C=O) groups excluding carboxylic acids is 1. The van der Waals surface area contributed by atoms with Gasteiger partial charge in [0.1, 0.15) is 0 Å². The first kappa shape index (κ1) is 13.0. The lowest BCUT2D eigenvalue weighted by atomic mass is 10.0. The molecule has 0 atom stereocenters. The maximum Gasteiger partial charge on any atom is 0.240 e. The van der Waals surface area contributed by atoms with Crippen LogP contribution in [0, 0.1) is 0 Å². The Kier molecular flexibility index (Phi) is 4.10. The van der Waals surface area contributed by atoms with Gasteiger partial charge in [0.2, 0.25) is 5.91 Å². The summed E-state index contributed by atoms with van der Waals surface area (Å²) in [6.07, 6.45) is 4.64. The highest BCUT2D eigenvalue weighted by Crippen LogP contribution is 2.29. The molecule has 19 heavy (non-hydrogen) atoms. The number of aromatic nitrogens is 1. The van der Waals surface area contributed by atoms with Gasteiger partial charge in [-0.2, -0.15) is 0 Å². The van der Waals surface area contributed by atoms with E-state index in [1.54, 1.807) is 11.3 Å². The van der Waals surface area contributed by atoms with Crippen LogP contribution in [-0.4, -0.2) is 48.6 Å². The molecule has 0 saturated carbocycles. The fourth-order valence-corrected chi connectivity index (χ4v) is 3.59. The van der Waals surface area contributed by atoms with Crippen LogP contribution in [0.5, 0.6) is 0 Å². The molecule has 1 aliphatic heterocycles. The average Bonchev–Trinajstić information content (AvgIpc) is 2.81. The molecule has 1 aliphatic carbocycles. The Bertz CT molecular complexity index is 431. The molecule has 0 unspecified atom stereocenters. The van der Waals surface area contributed by atoms with Gasteiger partial charge < -0.3 is 10.1 Å². The third kappa shape index (κ3) is 3.32. The SMILES string of the molecule is O=C(CN1CCOCC1)Nc1nc2c(s1)CCCC2. The van der Waals surface area contributed by atoms with Gasteiger partial charge in [-0.15, -0.1) is 11.3 Å². The fourth-order valence-electron chi connectivity index (χ4n) is 2.53. The second-order valence-electron chi connectivity index (χ2n) is 5.03. The second-order valence-corrected chi connectivity index (χ2v) is 6.12. The number of thiazole rings is 1. The van der Waals surface area contributed by atoms with Gasteiger partial charge in [-0.05, 0) is 25.7 Å². The summed E-state index contributed by atoms with van der Waals surface area (Å²) in [4.78, 5) is 20.0. The van der Waals surface area contributed by atoms with E-state index in [-0.39, 0.29) is 5.91 Å². The molecule has 2 aliphatic rings. The molecule has 1 amide bonds. The van der Waals surface area contributed by atoms with Crippen LogP contribution in [0.1, 0.15) is 23.4 Å². The van der Waals surface area contributed by atoms with E-state index < -0.39 is 0 Å². The second kappa shape index (κ2) is 5.98. The fraction of sp³-hybridized carbons (Fsp3) is 0.692. The number of nitrogens with zero attached hydrogens (tertiary/aromatic N) is 2. The molecule has 2 heterocycles. The van der Waals surface area contributed by atoms with E-state index in [1.807, 2.05) is 0 Å². The van der Waals surface area contributed by atoms with Crippen LogP contribution < -0.4 is 5.32 Å².